The van der Waals surface area contributed by atoms with Gasteiger partial charge in [0.2, 0.25) is 5.91 Å². The lowest BCUT2D eigenvalue weighted by atomic mass is 9.88. The standard InChI is InChI=1S/C18H14N2O4/c21-15-6-13-11(8-19-14(13)7-16(15)22)4-9-1-2-12-10(3-9)5-17(23)20-18(12)24/h2-4,6-8,19,21-22H,1,5H2,(H,20,23,24). The third kappa shape index (κ3) is 2.28. The van der Waals surface area contributed by atoms with Gasteiger partial charge in [-0.25, -0.2) is 0 Å². The van der Waals surface area contributed by atoms with Crippen molar-refractivity contribution in [3.05, 3.63) is 52.8 Å². The molecule has 2 aliphatic rings. The minimum atomic E-state index is -0.343. The molecular formula is C18H14N2O4. The number of carbonyl (C=O) groups is 2. The highest BCUT2D eigenvalue weighted by Crippen LogP contribution is 2.34. The molecule has 4 N–H and O–H groups in total. The molecule has 1 aromatic carbocycles. The summed E-state index contributed by atoms with van der Waals surface area (Å²) in [6.07, 6.45) is 8.18. The predicted octanol–water partition coefficient (Wildman–Crippen LogP) is 2.27. The van der Waals surface area contributed by atoms with Gasteiger partial charge in [0.1, 0.15) is 0 Å². The summed E-state index contributed by atoms with van der Waals surface area (Å²) in [5.41, 5.74) is 3.82. The van der Waals surface area contributed by atoms with Gasteiger partial charge in [-0.2, -0.15) is 0 Å². The summed E-state index contributed by atoms with van der Waals surface area (Å²) < 4.78 is 0. The van der Waals surface area contributed by atoms with Crippen molar-refractivity contribution in [3.63, 3.8) is 0 Å². The molecule has 0 radical (unpaired) electrons. The Kier molecular flexibility index (Phi) is 3.06. The molecule has 2 aromatic rings. The number of carbonyl (C=O) groups excluding carboxylic acids is 2. The predicted molar refractivity (Wildman–Crippen MR) is 88.2 cm³/mol. The molecule has 2 heterocycles. The topological polar surface area (TPSA) is 102 Å². The van der Waals surface area contributed by atoms with E-state index < -0.39 is 0 Å². The number of fused-ring (bicyclic) bond motifs is 2. The van der Waals surface area contributed by atoms with Gasteiger partial charge in [0.05, 0.1) is 6.42 Å². The van der Waals surface area contributed by atoms with E-state index in [1.54, 1.807) is 6.20 Å². The van der Waals surface area contributed by atoms with Crippen molar-refractivity contribution >= 4 is 28.8 Å². The number of nitrogens with one attached hydrogen (secondary N) is 2. The average Bonchev–Trinajstić information content (AvgIpc) is 2.89. The van der Waals surface area contributed by atoms with E-state index in [9.17, 15) is 19.8 Å². The van der Waals surface area contributed by atoms with Crippen LogP contribution in [-0.4, -0.2) is 27.0 Å². The molecule has 0 atom stereocenters. The number of allylic oxidation sites excluding steroid dienone is 3. The second-order valence-electron chi connectivity index (χ2n) is 5.90. The Bertz CT molecular complexity index is 992. The summed E-state index contributed by atoms with van der Waals surface area (Å²) in [6.45, 7) is 0. The van der Waals surface area contributed by atoms with Crippen LogP contribution in [0, 0.1) is 0 Å². The molecule has 1 aliphatic heterocycles. The Labute approximate surface area is 136 Å². The number of hydrogen-bond acceptors (Lipinski definition) is 4. The average molecular weight is 322 g/mol. The third-order valence-electron chi connectivity index (χ3n) is 4.25. The highest BCUT2D eigenvalue weighted by molar-refractivity contribution is 6.12. The first-order chi connectivity index (χ1) is 11.5. The Balaban J connectivity index is 1.74. The Morgan fingerprint density at radius 2 is 1.92 bits per heavy atom. The molecule has 2 amide bonds. The van der Waals surface area contributed by atoms with Crippen molar-refractivity contribution in [1.29, 1.82) is 0 Å². The number of hydrogen-bond donors (Lipinski definition) is 4. The normalized spacial score (nSPS) is 19.1. The zero-order chi connectivity index (χ0) is 16.8. The fourth-order valence-corrected chi connectivity index (χ4v) is 3.10. The number of aromatic hydroxyl groups is 2. The van der Waals surface area contributed by atoms with Crippen LogP contribution in [0.5, 0.6) is 11.5 Å². The molecule has 1 fully saturated rings. The Morgan fingerprint density at radius 3 is 2.75 bits per heavy atom. The minimum absolute atomic E-state index is 0.178. The number of phenolic OH excluding ortho intramolecular Hbond substituents is 2. The molecule has 6 heteroatoms. The van der Waals surface area contributed by atoms with Gasteiger partial charge in [-0.15, -0.1) is 0 Å². The summed E-state index contributed by atoms with van der Waals surface area (Å²) in [7, 11) is 0. The largest absolute Gasteiger partial charge is 0.504 e. The maximum absolute atomic E-state index is 11.8. The third-order valence-corrected chi connectivity index (χ3v) is 4.25. The van der Waals surface area contributed by atoms with E-state index in [2.05, 4.69) is 10.3 Å². The molecule has 0 unspecified atom stereocenters. The van der Waals surface area contributed by atoms with Gasteiger partial charge in [-0.1, -0.05) is 12.2 Å². The van der Waals surface area contributed by atoms with Crippen LogP contribution in [0.4, 0.5) is 0 Å². The number of aromatic amines is 1. The van der Waals surface area contributed by atoms with Gasteiger partial charge in [0.15, 0.2) is 11.5 Å². The monoisotopic (exact) mass is 322 g/mol. The second-order valence-corrected chi connectivity index (χ2v) is 5.90. The van der Waals surface area contributed by atoms with Crippen molar-refractivity contribution in [3.8, 4) is 11.5 Å². The van der Waals surface area contributed by atoms with Gasteiger partial charge in [-0.3, -0.25) is 14.9 Å². The fourth-order valence-electron chi connectivity index (χ4n) is 3.10. The van der Waals surface area contributed by atoms with Crippen molar-refractivity contribution in [2.75, 3.05) is 0 Å². The molecule has 120 valence electrons. The number of aromatic nitrogens is 1. The number of benzene rings is 1. The Hall–Kier alpha value is -3.28. The quantitative estimate of drug-likeness (QED) is 0.478. The summed E-state index contributed by atoms with van der Waals surface area (Å²) in [4.78, 5) is 26.4. The molecule has 1 saturated heterocycles. The smallest absolute Gasteiger partial charge is 0.257 e. The van der Waals surface area contributed by atoms with Crippen LogP contribution >= 0.6 is 0 Å². The molecule has 0 saturated carbocycles. The zero-order valence-electron chi connectivity index (χ0n) is 12.6. The van der Waals surface area contributed by atoms with E-state index in [0.29, 0.717) is 17.5 Å². The molecule has 1 aromatic heterocycles. The first kappa shape index (κ1) is 14.3. The molecular weight excluding hydrogens is 308 g/mol. The number of phenols is 2. The van der Waals surface area contributed by atoms with E-state index >= 15 is 0 Å². The maximum atomic E-state index is 11.8. The van der Waals surface area contributed by atoms with Crippen LogP contribution in [-0.2, 0) is 9.59 Å². The lowest BCUT2D eigenvalue weighted by molar-refractivity contribution is -0.129. The highest BCUT2D eigenvalue weighted by atomic mass is 16.3. The van der Waals surface area contributed by atoms with Crippen LogP contribution in [0.15, 0.2) is 47.2 Å². The number of H-pyrrole nitrogens is 1. The van der Waals surface area contributed by atoms with Crippen molar-refractivity contribution < 1.29 is 19.8 Å². The Morgan fingerprint density at radius 1 is 1.12 bits per heavy atom. The summed E-state index contributed by atoms with van der Waals surface area (Å²) in [5.74, 6) is -0.996. The summed E-state index contributed by atoms with van der Waals surface area (Å²) >= 11 is 0. The highest BCUT2D eigenvalue weighted by Gasteiger charge is 2.26. The van der Waals surface area contributed by atoms with Gasteiger partial charge >= 0.3 is 0 Å². The van der Waals surface area contributed by atoms with Gasteiger partial charge in [0, 0.05) is 34.3 Å². The zero-order valence-corrected chi connectivity index (χ0v) is 12.6. The number of imide groups is 1. The molecule has 0 bridgehead atoms. The van der Waals surface area contributed by atoms with Crippen molar-refractivity contribution in [1.82, 2.24) is 10.3 Å². The van der Waals surface area contributed by atoms with Gasteiger partial charge < -0.3 is 15.2 Å². The van der Waals surface area contributed by atoms with E-state index in [1.807, 2.05) is 18.2 Å². The lowest BCUT2D eigenvalue weighted by Crippen LogP contribution is -2.37. The van der Waals surface area contributed by atoms with Crippen LogP contribution in [0.1, 0.15) is 18.4 Å². The van der Waals surface area contributed by atoms with Gasteiger partial charge in [0.25, 0.3) is 5.91 Å². The summed E-state index contributed by atoms with van der Waals surface area (Å²) in [6, 6.07) is 2.97. The van der Waals surface area contributed by atoms with Gasteiger partial charge in [-0.05, 0) is 29.7 Å². The first-order valence-corrected chi connectivity index (χ1v) is 7.50. The number of piperidine rings is 1. The van der Waals surface area contributed by atoms with E-state index in [0.717, 1.165) is 22.1 Å². The van der Waals surface area contributed by atoms with Crippen LogP contribution < -0.4 is 5.32 Å². The van der Waals surface area contributed by atoms with Crippen LogP contribution in [0.2, 0.25) is 0 Å². The summed E-state index contributed by atoms with van der Waals surface area (Å²) in [5, 5.41) is 22.3. The van der Waals surface area contributed by atoms with Crippen molar-refractivity contribution in [2.24, 2.45) is 0 Å². The second kappa shape index (κ2) is 5.13. The number of rotatable bonds is 1. The molecule has 4 rings (SSSR count). The van der Waals surface area contributed by atoms with E-state index in [-0.39, 0.29) is 29.7 Å². The van der Waals surface area contributed by atoms with Crippen molar-refractivity contribution in [2.45, 2.75) is 12.8 Å². The molecule has 1 aliphatic carbocycles. The lowest BCUT2D eigenvalue weighted by Gasteiger charge is -2.21. The minimum Gasteiger partial charge on any atom is -0.504 e. The number of amides is 2. The van der Waals surface area contributed by atoms with E-state index in [1.165, 1.54) is 12.1 Å². The first-order valence-electron chi connectivity index (χ1n) is 7.50. The molecule has 0 spiro atoms. The van der Waals surface area contributed by atoms with E-state index in [4.69, 9.17) is 0 Å². The van der Waals surface area contributed by atoms with Crippen LogP contribution in [0.3, 0.4) is 0 Å². The van der Waals surface area contributed by atoms with Crippen LogP contribution in [0.25, 0.3) is 17.0 Å². The fraction of sp³-hybridized carbons (Fsp3) is 0.111. The maximum Gasteiger partial charge on any atom is 0.257 e. The SMILES string of the molecule is O=C1CC2=CC(=Cc3c[nH]c4cc(O)c(O)cc34)CC=C2C(=O)N1. The molecule has 24 heavy (non-hydrogen) atoms. The molecule has 6 nitrogen and oxygen atoms in total.